The lowest BCUT2D eigenvalue weighted by molar-refractivity contribution is 0.872. The second-order valence-corrected chi connectivity index (χ2v) is 6.05. The van der Waals surface area contributed by atoms with Gasteiger partial charge in [0, 0.05) is 16.8 Å². The highest BCUT2D eigenvalue weighted by molar-refractivity contribution is 7.71. The minimum absolute atomic E-state index is 0.375. The Hall–Kier alpha value is -2.21. The van der Waals surface area contributed by atoms with Crippen molar-refractivity contribution in [3.63, 3.8) is 0 Å². The van der Waals surface area contributed by atoms with E-state index in [1.807, 2.05) is 42.5 Å². The van der Waals surface area contributed by atoms with Gasteiger partial charge in [0.25, 0.3) is 0 Å². The fourth-order valence-electron chi connectivity index (χ4n) is 2.07. The van der Waals surface area contributed by atoms with Gasteiger partial charge in [0.15, 0.2) is 5.82 Å². The van der Waals surface area contributed by atoms with Gasteiger partial charge in [0.05, 0.1) is 5.02 Å². The van der Waals surface area contributed by atoms with E-state index in [2.05, 4.69) is 15.3 Å². The number of halogens is 2. The molecule has 3 rings (SSSR count). The molecule has 0 aliphatic heterocycles. The third kappa shape index (κ3) is 3.82. The molecular weight excluding hydrogens is 363 g/mol. The van der Waals surface area contributed by atoms with E-state index in [9.17, 15) is 0 Å². The Morgan fingerprint density at radius 1 is 1.12 bits per heavy atom. The summed E-state index contributed by atoms with van der Waals surface area (Å²) in [5.74, 6) is 0.519. The van der Waals surface area contributed by atoms with Crippen molar-refractivity contribution in [1.82, 2.24) is 14.9 Å². The molecule has 0 bridgehead atoms. The second-order valence-electron chi connectivity index (χ2n) is 4.82. The van der Waals surface area contributed by atoms with Crippen LogP contribution in [0.1, 0.15) is 5.56 Å². The molecule has 3 aromatic rings. The van der Waals surface area contributed by atoms with E-state index in [0.29, 0.717) is 26.2 Å². The molecule has 1 N–H and O–H groups in total. The first kappa shape index (κ1) is 16.6. The molecule has 2 aromatic carbocycles. The fraction of sp³-hybridized carbons (Fsp3) is 0. The van der Waals surface area contributed by atoms with E-state index >= 15 is 0 Å². The number of hydrogen-bond acceptors (Lipinski definition) is 3. The molecule has 1 heterocycles. The van der Waals surface area contributed by atoms with Crippen LogP contribution in [-0.4, -0.2) is 21.1 Å². The standard InChI is InChI=1S/C17H12Cl2N4S/c18-13-8-9-14(15(19)11-13)16-21-22-17(24)23(16)20-10-4-7-12-5-2-1-3-6-12/h1-11H,(H,22,24)/b7-4+,20-10?. The third-order valence-electron chi connectivity index (χ3n) is 3.18. The molecule has 0 unspecified atom stereocenters. The Morgan fingerprint density at radius 3 is 2.67 bits per heavy atom. The van der Waals surface area contributed by atoms with Crippen LogP contribution in [0.5, 0.6) is 0 Å². The maximum Gasteiger partial charge on any atom is 0.216 e. The van der Waals surface area contributed by atoms with E-state index in [0.717, 1.165) is 5.56 Å². The summed E-state index contributed by atoms with van der Waals surface area (Å²) < 4.78 is 1.89. The summed E-state index contributed by atoms with van der Waals surface area (Å²) in [5.41, 5.74) is 1.78. The van der Waals surface area contributed by atoms with Crippen LogP contribution in [0.25, 0.3) is 17.5 Å². The van der Waals surface area contributed by atoms with Gasteiger partial charge >= 0.3 is 0 Å². The minimum atomic E-state index is 0.375. The molecule has 0 aliphatic carbocycles. The van der Waals surface area contributed by atoms with Crippen molar-refractivity contribution in [1.29, 1.82) is 0 Å². The lowest BCUT2D eigenvalue weighted by Gasteiger charge is -2.03. The Bertz CT molecular complexity index is 958. The van der Waals surface area contributed by atoms with Crippen LogP contribution in [0.2, 0.25) is 10.0 Å². The van der Waals surface area contributed by atoms with Crippen LogP contribution < -0.4 is 0 Å². The molecule has 120 valence electrons. The van der Waals surface area contributed by atoms with Crippen molar-refractivity contribution >= 4 is 47.7 Å². The number of rotatable bonds is 4. The Kier molecular flexibility index (Phi) is 5.25. The molecule has 0 spiro atoms. The first-order chi connectivity index (χ1) is 11.6. The summed E-state index contributed by atoms with van der Waals surface area (Å²) in [5, 5.41) is 12.3. The Morgan fingerprint density at radius 2 is 1.92 bits per heavy atom. The average molecular weight is 375 g/mol. The summed E-state index contributed by atoms with van der Waals surface area (Å²) in [6.07, 6.45) is 5.42. The number of H-pyrrole nitrogens is 1. The summed E-state index contributed by atoms with van der Waals surface area (Å²) >= 11 is 17.4. The van der Waals surface area contributed by atoms with Crippen LogP contribution in [0, 0.1) is 4.77 Å². The monoisotopic (exact) mass is 374 g/mol. The molecule has 0 saturated heterocycles. The van der Waals surface area contributed by atoms with Crippen molar-refractivity contribution in [2.24, 2.45) is 5.10 Å². The first-order valence-electron chi connectivity index (χ1n) is 7.04. The Balaban J connectivity index is 1.89. The smallest absolute Gasteiger partial charge is 0.216 e. The van der Waals surface area contributed by atoms with Crippen LogP contribution in [0.15, 0.2) is 59.7 Å². The number of benzene rings is 2. The summed E-state index contributed by atoms with van der Waals surface area (Å²) in [7, 11) is 0. The van der Waals surface area contributed by atoms with Crippen LogP contribution in [0.4, 0.5) is 0 Å². The van der Waals surface area contributed by atoms with Crippen molar-refractivity contribution in [2.45, 2.75) is 0 Å². The minimum Gasteiger partial charge on any atom is -0.250 e. The normalized spacial score (nSPS) is 11.6. The van der Waals surface area contributed by atoms with Crippen molar-refractivity contribution in [3.8, 4) is 11.4 Å². The summed E-state index contributed by atoms with van der Waals surface area (Å²) in [4.78, 5) is 0. The van der Waals surface area contributed by atoms with Gasteiger partial charge in [-0.1, -0.05) is 59.6 Å². The predicted octanol–water partition coefficient (Wildman–Crippen LogP) is 5.46. The Labute approximate surface area is 154 Å². The SMILES string of the molecule is S=c1[nH]nc(-c2ccc(Cl)cc2Cl)n1N=C/C=C/c1ccccc1. The molecular formula is C17H12Cl2N4S. The zero-order chi connectivity index (χ0) is 16.9. The molecule has 4 nitrogen and oxygen atoms in total. The molecule has 1 aromatic heterocycles. The molecule has 0 amide bonds. The molecule has 0 aliphatic rings. The molecule has 24 heavy (non-hydrogen) atoms. The van der Waals surface area contributed by atoms with E-state index < -0.39 is 0 Å². The number of allylic oxidation sites excluding steroid dienone is 1. The molecule has 7 heteroatoms. The topological polar surface area (TPSA) is 46.0 Å². The van der Waals surface area contributed by atoms with Crippen LogP contribution >= 0.6 is 35.4 Å². The fourth-order valence-corrected chi connectivity index (χ4v) is 2.74. The van der Waals surface area contributed by atoms with Gasteiger partial charge in [-0.2, -0.15) is 14.9 Å². The zero-order valence-corrected chi connectivity index (χ0v) is 14.7. The summed E-state index contributed by atoms with van der Waals surface area (Å²) in [6, 6.07) is 15.1. The van der Waals surface area contributed by atoms with E-state index in [4.69, 9.17) is 35.4 Å². The lowest BCUT2D eigenvalue weighted by atomic mass is 10.2. The highest BCUT2D eigenvalue weighted by atomic mass is 35.5. The van der Waals surface area contributed by atoms with Crippen molar-refractivity contribution in [2.75, 3.05) is 0 Å². The van der Waals surface area contributed by atoms with Gasteiger partial charge in [-0.25, -0.2) is 5.10 Å². The van der Waals surface area contributed by atoms with Gasteiger partial charge in [0.2, 0.25) is 4.77 Å². The largest absolute Gasteiger partial charge is 0.250 e. The maximum atomic E-state index is 6.24. The molecule has 0 radical (unpaired) electrons. The molecule has 0 atom stereocenters. The lowest BCUT2D eigenvalue weighted by Crippen LogP contribution is -1.94. The zero-order valence-electron chi connectivity index (χ0n) is 12.4. The second kappa shape index (κ2) is 7.57. The number of aromatic nitrogens is 3. The van der Waals surface area contributed by atoms with Gasteiger partial charge in [0.1, 0.15) is 0 Å². The van der Waals surface area contributed by atoms with Crippen molar-refractivity contribution < 1.29 is 0 Å². The first-order valence-corrected chi connectivity index (χ1v) is 8.20. The van der Waals surface area contributed by atoms with E-state index in [1.165, 1.54) is 4.68 Å². The van der Waals surface area contributed by atoms with Gasteiger partial charge < -0.3 is 0 Å². The van der Waals surface area contributed by atoms with Gasteiger partial charge in [-0.15, -0.1) is 0 Å². The van der Waals surface area contributed by atoms with E-state index in [-0.39, 0.29) is 0 Å². The molecule has 0 saturated carbocycles. The van der Waals surface area contributed by atoms with Gasteiger partial charge in [-0.3, -0.25) is 0 Å². The number of nitrogens with one attached hydrogen (secondary N) is 1. The number of hydrogen-bond donors (Lipinski definition) is 1. The van der Waals surface area contributed by atoms with Crippen molar-refractivity contribution in [3.05, 3.63) is 75.0 Å². The van der Waals surface area contributed by atoms with Gasteiger partial charge in [-0.05, 0) is 42.1 Å². The predicted molar refractivity (Wildman–Crippen MR) is 102 cm³/mol. The van der Waals surface area contributed by atoms with E-state index in [1.54, 1.807) is 24.4 Å². The molecule has 0 fully saturated rings. The highest BCUT2D eigenvalue weighted by Crippen LogP contribution is 2.29. The van der Waals surface area contributed by atoms with Crippen LogP contribution in [-0.2, 0) is 0 Å². The van der Waals surface area contributed by atoms with Crippen LogP contribution in [0.3, 0.4) is 0 Å². The highest BCUT2D eigenvalue weighted by Gasteiger charge is 2.11. The average Bonchev–Trinajstić information content (AvgIpc) is 2.93. The quantitative estimate of drug-likeness (QED) is 0.486. The summed E-state index contributed by atoms with van der Waals surface area (Å²) in [6.45, 7) is 0. The number of nitrogens with zero attached hydrogens (tertiary/aromatic N) is 3. The maximum absolute atomic E-state index is 6.24. The third-order valence-corrected chi connectivity index (χ3v) is 3.99. The number of aromatic amines is 1.